The quantitative estimate of drug-likeness (QED) is 0.365. The molecular formula is C22H22ClF3N6O3. The molecule has 0 aliphatic rings. The first kappa shape index (κ1) is 24.6. The van der Waals surface area contributed by atoms with Gasteiger partial charge in [-0.15, -0.1) is 5.10 Å². The second-order valence-electron chi connectivity index (χ2n) is 8.23. The average Bonchev–Trinajstić information content (AvgIpc) is 3.38. The summed E-state index contributed by atoms with van der Waals surface area (Å²) >= 11 is 5.90. The maximum Gasteiger partial charge on any atom is 0.425 e. The van der Waals surface area contributed by atoms with Crippen molar-refractivity contribution in [3.63, 3.8) is 0 Å². The van der Waals surface area contributed by atoms with E-state index < -0.39 is 17.9 Å². The average molecular weight is 511 g/mol. The van der Waals surface area contributed by atoms with Gasteiger partial charge in [-0.05, 0) is 39.0 Å². The van der Waals surface area contributed by atoms with Gasteiger partial charge in [-0.1, -0.05) is 11.6 Å². The first-order valence-electron chi connectivity index (χ1n) is 10.4. The zero-order valence-electron chi connectivity index (χ0n) is 19.1. The molecule has 2 N–H and O–H groups in total. The Morgan fingerprint density at radius 3 is 2.51 bits per heavy atom. The Balaban J connectivity index is 1.72. The van der Waals surface area contributed by atoms with Crippen molar-refractivity contribution in [3.05, 3.63) is 53.6 Å². The van der Waals surface area contributed by atoms with E-state index in [4.69, 9.17) is 21.1 Å². The topological polar surface area (TPSA) is 98.7 Å². The summed E-state index contributed by atoms with van der Waals surface area (Å²) in [5, 5.41) is 18.1. The molecule has 35 heavy (non-hydrogen) atoms. The van der Waals surface area contributed by atoms with Crippen LogP contribution in [0.25, 0.3) is 11.3 Å². The van der Waals surface area contributed by atoms with Crippen LogP contribution in [0.15, 0.2) is 42.9 Å². The number of aromatic nitrogens is 5. The van der Waals surface area contributed by atoms with Crippen LogP contribution in [0.4, 0.5) is 24.8 Å². The standard InChI is InChI=1S/C22H22ClF3N6O3/c1-12(22(24,25)26)35-18-8-6-14(21(2,3)33)19-29-20(30-32(18)19)28-13-5-7-15(16(9-13)34-4)31-10-17(23)27-11-31/h5-12,33H,1-4H3,(H,28,30). The highest BCUT2D eigenvalue weighted by Crippen LogP contribution is 2.32. The van der Waals surface area contributed by atoms with E-state index in [9.17, 15) is 18.3 Å². The lowest BCUT2D eigenvalue weighted by atomic mass is 10.00. The maximum absolute atomic E-state index is 13.1. The number of pyridine rings is 1. The van der Waals surface area contributed by atoms with Crippen LogP contribution in [-0.4, -0.2) is 48.6 Å². The number of alkyl halides is 3. The van der Waals surface area contributed by atoms with E-state index >= 15 is 0 Å². The third-order valence-electron chi connectivity index (χ3n) is 5.13. The fourth-order valence-corrected chi connectivity index (χ4v) is 3.48. The second kappa shape index (κ2) is 8.93. The Labute approximate surface area is 203 Å². The lowest BCUT2D eigenvalue weighted by Gasteiger charge is -2.21. The number of anilines is 2. The third-order valence-corrected chi connectivity index (χ3v) is 5.33. The molecule has 0 saturated carbocycles. The summed E-state index contributed by atoms with van der Waals surface area (Å²) in [4.78, 5) is 8.38. The predicted molar refractivity (Wildman–Crippen MR) is 123 cm³/mol. The molecule has 1 unspecified atom stereocenters. The number of aliphatic hydroxyl groups is 1. The van der Waals surface area contributed by atoms with Gasteiger partial charge in [-0.2, -0.15) is 22.7 Å². The van der Waals surface area contributed by atoms with Crippen molar-refractivity contribution in [1.82, 2.24) is 24.1 Å². The van der Waals surface area contributed by atoms with Gasteiger partial charge in [0.2, 0.25) is 11.8 Å². The number of hydrogen-bond acceptors (Lipinski definition) is 7. The maximum atomic E-state index is 13.1. The van der Waals surface area contributed by atoms with E-state index in [2.05, 4.69) is 20.4 Å². The molecule has 4 aromatic rings. The Hall–Kier alpha value is -3.51. The van der Waals surface area contributed by atoms with Crippen LogP contribution >= 0.6 is 11.6 Å². The molecule has 186 valence electrons. The van der Waals surface area contributed by atoms with E-state index in [0.717, 1.165) is 11.4 Å². The molecule has 0 amide bonds. The number of halogens is 4. The van der Waals surface area contributed by atoms with Crippen LogP contribution in [-0.2, 0) is 5.60 Å². The number of methoxy groups -OCH3 is 1. The summed E-state index contributed by atoms with van der Waals surface area (Å²) in [6.45, 7) is 3.97. The number of nitrogens with one attached hydrogen (secondary N) is 1. The molecule has 0 aliphatic heterocycles. The normalized spacial score (nSPS) is 13.2. The van der Waals surface area contributed by atoms with Crippen molar-refractivity contribution < 1.29 is 27.8 Å². The number of nitrogens with zero attached hydrogens (tertiary/aromatic N) is 5. The van der Waals surface area contributed by atoms with E-state index in [1.807, 2.05) is 0 Å². The Morgan fingerprint density at radius 1 is 1.17 bits per heavy atom. The SMILES string of the molecule is COc1cc(Nc2nc3c(C(C)(C)O)ccc(OC(C)C(F)(F)F)n3n2)ccc1-n1cnc(Cl)c1. The van der Waals surface area contributed by atoms with Crippen molar-refractivity contribution in [2.24, 2.45) is 0 Å². The van der Waals surface area contributed by atoms with Crippen LogP contribution in [0, 0.1) is 0 Å². The van der Waals surface area contributed by atoms with Gasteiger partial charge in [0.1, 0.15) is 17.2 Å². The molecule has 0 bridgehead atoms. The van der Waals surface area contributed by atoms with Gasteiger partial charge >= 0.3 is 6.18 Å². The van der Waals surface area contributed by atoms with Crippen LogP contribution in [0.2, 0.25) is 5.15 Å². The van der Waals surface area contributed by atoms with Crippen molar-refractivity contribution in [2.45, 2.75) is 38.7 Å². The molecule has 3 heterocycles. The number of imidazole rings is 1. The molecule has 9 nitrogen and oxygen atoms in total. The van der Waals surface area contributed by atoms with Crippen molar-refractivity contribution >= 4 is 28.9 Å². The molecule has 13 heteroatoms. The Kier molecular flexibility index (Phi) is 6.28. The monoisotopic (exact) mass is 510 g/mol. The number of hydrogen-bond donors (Lipinski definition) is 2. The highest BCUT2D eigenvalue weighted by molar-refractivity contribution is 6.29. The molecule has 0 spiro atoms. The van der Waals surface area contributed by atoms with Gasteiger partial charge in [0, 0.05) is 29.6 Å². The Bertz CT molecular complexity index is 1360. The fraction of sp³-hybridized carbons (Fsp3) is 0.318. The van der Waals surface area contributed by atoms with Gasteiger partial charge in [-0.3, -0.25) is 0 Å². The minimum Gasteiger partial charge on any atom is -0.494 e. The van der Waals surface area contributed by atoms with Gasteiger partial charge in [0.15, 0.2) is 11.8 Å². The van der Waals surface area contributed by atoms with Crippen LogP contribution in [0.1, 0.15) is 26.3 Å². The molecule has 0 fully saturated rings. The summed E-state index contributed by atoms with van der Waals surface area (Å²) in [5.41, 5.74) is 0.389. The highest BCUT2D eigenvalue weighted by Gasteiger charge is 2.38. The number of benzene rings is 1. The summed E-state index contributed by atoms with van der Waals surface area (Å²) in [5.74, 6) is 0.392. The molecular weight excluding hydrogens is 489 g/mol. The molecule has 0 radical (unpaired) electrons. The second-order valence-corrected chi connectivity index (χ2v) is 8.62. The minimum atomic E-state index is -4.57. The summed E-state index contributed by atoms with van der Waals surface area (Å²) < 4.78 is 52.6. The largest absolute Gasteiger partial charge is 0.494 e. The molecule has 1 atom stereocenters. The first-order chi connectivity index (χ1) is 16.4. The van der Waals surface area contributed by atoms with E-state index in [1.165, 1.54) is 33.1 Å². The number of rotatable bonds is 7. The predicted octanol–water partition coefficient (Wildman–Crippen LogP) is 4.88. The fourth-order valence-electron chi connectivity index (χ4n) is 3.34. The van der Waals surface area contributed by atoms with Crippen LogP contribution in [0.5, 0.6) is 11.6 Å². The smallest absolute Gasteiger partial charge is 0.425 e. The third kappa shape index (κ3) is 5.13. The minimum absolute atomic E-state index is 0.0756. The van der Waals surface area contributed by atoms with E-state index in [0.29, 0.717) is 27.8 Å². The zero-order chi connectivity index (χ0) is 25.5. The zero-order valence-corrected chi connectivity index (χ0v) is 19.9. The Morgan fingerprint density at radius 2 is 1.91 bits per heavy atom. The first-order valence-corrected chi connectivity index (χ1v) is 10.8. The molecule has 4 rings (SSSR count). The lowest BCUT2D eigenvalue weighted by molar-refractivity contribution is -0.190. The molecule has 3 aromatic heterocycles. The van der Waals surface area contributed by atoms with Crippen molar-refractivity contribution in [2.75, 3.05) is 12.4 Å². The lowest BCUT2D eigenvalue weighted by Crippen LogP contribution is -2.32. The molecule has 0 aliphatic carbocycles. The number of fused-ring (bicyclic) bond motifs is 1. The highest BCUT2D eigenvalue weighted by atomic mass is 35.5. The summed E-state index contributed by atoms with van der Waals surface area (Å²) in [6, 6.07) is 7.96. The van der Waals surface area contributed by atoms with Gasteiger partial charge < -0.3 is 24.5 Å². The van der Waals surface area contributed by atoms with Crippen LogP contribution < -0.4 is 14.8 Å². The van der Waals surface area contributed by atoms with Crippen LogP contribution in [0.3, 0.4) is 0 Å². The summed E-state index contributed by atoms with van der Waals surface area (Å²) in [7, 11) is 1.51. The van der Waals surface area contributed by atoms with Gasteiger partial charge in [0.25, 0.3) is 0 Å². The van der Waals surface area contributed by atoms with Gasteiger partial charge in [0.05, 0.1) is 18.4 Å². The van der Waals surface area contributed by atoms with Crippen molar-refractivity contribution in [1.29, 1.82) is 0 Å². The van der Waals surface area contributed by atoms with E-state index in [1.54, 1.807) is 35.3 Å². The van der Waals surface area contributed by atoms with Gasteiger partial charge in [-0.25, -0.2) is 4.98 Å². The summed E-state index contributed by atoms with van der Waals surface area (Å²) in [6.07, 6.45) is -3.48. The molecule has 0 saturated heterocycles. The van der Waals surface area contributed by atoms with E-state index in [-0.39, 0.29) is 17.5 Å². The molecule has 1 aromatic carbocycles. The number of ether oxygens (including phenoxy) is 2. The van der Waals surface area contributed by atoms with Crippen molar-refractivity contribution in [3.8, 4) is 17.3 Å².